The summed E-state index contributed by atoms with van der Waals surface area (Å²) in [7, 11) is 0. The van der Waals surface area contributed by atoms with E-state index in [9.17, 15) is 4.79 Å². The highest BCUT2D eigenvalue weighted by atomic mass is 35.5. The standard InChI is InChI=1S/C17H23Cl2N3O/c18-13-3-1-4-14(19)17(13)21-16(23)11-22-9-6-12(7-10-22)15-5-2-8-20-15/h1,3-4,12,15,20H,2,5-11H2,(H,21,23). The molecule has 1 unspecified atom stereocenters. The van der Waals surface area contributed by atoms with Gasteiger partial charge in [-0.15, -0.1) is 0 Å². The van der Waals surface area contributed by atoms with Crippen molar-refractivity contribution in [2.75, 3.05) is 31.5 Å². The number of carbonyl (C=O) groups is 1. The average molecular weight is 356 g/mol. The van der Waals surface area contributed by atoms with Crippen LogP contribution in [0.25, 0.3) is 0 Å². The van der Waals surface area contributed by atoms with Crippen LogP contribution in [0.5, 0.6) is 0 Å². The highest BCUT2D eigenvalue weighted by molar-refractivity contribution is 6.39. The number of hydrogen-bond acceptors (Lipinski definition) is 3. The number of likely N-dealkylation sites (tertiary alicyclic amines) is 1. The summed E-state index contributed by atoms with van der Waals surface area (Å²) in [6, 6.07) is 5.90. The van der Waals surface area contributed by atoms with Gasteiger partial charge in [0, 0.05) is 6.04 Å². The monoisotopic (exact) mass is 355 g/mol. The molecule has 1 aromatic rings. The van der Waals surface area contributed by atoms with E-state index in [-0.39, 0.29) is 5.91 Å². The topological polar surface area (TPSA) is 44.4 Å². The average Bonchev–Trinajstić information content (AvgIpc) is 3.06. The Morgan fingerprint density at radius 3 is 2.52 bits per heavy atom. The predicted octanol–water partition coefficient (Wildman–Crippen LogP) is 3.40. The van der Waals surface area contributed by atoms with Crippen LogP contribution in [0.15, 0.2) is 18.2 Å². The minimum absolute atomic E-state index is 0.0579. The molecule has 6 heteroatoms. The van der Waals surface area contributed by atoms with Crippen molar-refractivity contribution in [2.45, 2.75) is 31.7 Å². The third kappa shape index (κ3) is 4.38. The van der Waals surface area contributed by atoms with E-state index in [2.05, 4.69) is 15.5 Å². The second-order valence-electron chi connectivity index (χ2n) is 6.46. The Balaban J connectivity index is 1.47. The van der Waals surface area contributed by atoms with Gasteiger partial charge in [0.1, 0.15) is 0 Å². The van der Waals surface area contributed by atoms with Crippen molar-refractivity contribution < 1.29 is 4.79 Å². The van der Waals surface area contributed by atoms with E-state index in [1.165, 1.54) is 12.8 Å². The number of rotatable bonds is 4. The van der Waals surface area contributed by atoms with E-state index in [1.807, 2.05) is 0 Å². The van der Waals surface area contributed by atoms with Gasteiger partial charge in [-0.25, -0.2) is 0 Å². The minimum atomic E-state index is -0.0579. The molecule has 2 heterocycles. The molecule has 0 radical (unpaired) electrons. The van der Waals surface area contributed by atoms with Crippen molar-refractivity contribution >= 4 is 34.8 Å². The molecule has 1 atom stereocenters. The second-order valence-corrected chi connectivity index (χ2v) is 7.28. The molecule has 0 aliphatic carbocycles. The molecule has 3 rings (SSSR count). The number of nitrogens with zero attached hydrogens (tertiary/aromatic N) is 1. The summed E-state index contributed by atoms with van der Waals surface area (Å²) in [5.74, 6) is 0.701. The number of para-hydroxylation sites is 1. The van der Waals surface area contributed by atoms with Crippen LogP contribution < -0.4 is 10.6 Å². The Bertz CT molecular complexity index is 533. The quantitative estimate of drug-likeness (QED) is 0.869. The first-order valence-corrected chi connectivity index (χ1v) is 9.08. The van der Waals surface area contributed by atoms with Gasteiger partial charge in [0.2, 0.25) is 5.91 Å². The molecule has 0 aromatic heterocycles. The lowest BCUT2D eigenvalue weighted by Gasteiger charge is -2.34. The number of hydrogen-bond donors (Lipinski definition) is 2. The Labute approximate surface area is 147 Å². The van der Waals surface area contributed by atoms with Crippen molar-refractivity contribution in [1.82, 2.24) is 10.2 Å². The third-order valence-corrected chi connectivity index (χ3v) is 5.52. The van der Waals surface area contributed by atoms with Gasteiger partial charge in [-0.2, -0.15) is 0 Å². The van der Waals surface area contributed by atoms with Crippen molar-refractivity contribution in [3.8, 4) is 0 Å². The molecule has 0 bridgehead atoms. The fourth-order valence-electron chi connectivity index (χ4n) is 3.63. The smallest absolute Gasteiger partial charge is 0.238 e. The molecular formula is C17H23Cl2N3O. The molecule has 126 valence electrons. The SMILES string of the molecule is O=C(CN1CCC(C2CCCN2)CC1)Nc1c(Cl)cccc1Cl. The molecule has 2 N–H and O–H groups in total. The van der Waals surface area contributed by atoms with Crippen molar-refractivity contribution in [3.63, 3.8) is 0 Å². The number of halogens is 2. The Morgan fingerprint density at radius 2 is 1.91 bits per heavy atom. The molecule has 4 nitrogen and oxygen atoms in total. The van der Waals surface area contributed by atoms with Crippen LogP contribution >= 0.6 is 23.2 Å². The summed E-state index contributed by atoms with van der Waals surface area (Å²) in [5.41, 5.74) is 0.505. The van der Waals surface area contributed by atoms with Crippen LogP contribution in [0.4, 0.5) is 5.69 Å². The van der Waals surface area contributed by atoms with Crippen LogP contribution in [0.2, 0.25) is 10.0 Å². The third-order valence-electron chi connectivity index (χ3n) is 4.89. The summed E-state index contributed by atoms with van der Waals surface area (Å²) in [6.45, 7) is 3.51. The summed E-state index contributed by atoms with van der Waals surface area (Å²) < 4.78 is 0. The second kappa shape index (κ2) is 7.84. The van der Waals surface area contributed by atoms with E-state index < -0.39 is 0 Å². The summed E-state index contributed by atoms with van der Waals surface area (Å²) in [4.78, 5) is 14.5. The molecule has 23 heavy (non-hydrogen) atoms. The van der Waals surface area contributed by atoms with Crippen LogP contribution in [0.3, 0.4) is 0 Å². The van der Waals surface area contributed by atoms with Gasteiger partial charge >= 0.3 is 0 Å². The lowest BCUT2D eigenvalue weighted by molar-refractivity contribution is -0.117. The largest absolute Gasteiger partial charge is 0.322 e. The molecule has 1 aromatic carbocycles. The zero-order chi connectivity index (χ0) is 16.2. The maximum absolute atomic E-state index is 12.2. The first-order chi connectivity index (χ1) is 11.1. The summed E-state index contributed by atoms with van der Waals surface area (Å²) >= 11 is 12.2. The number of carbonyl (C=O) groups excluding carboxylic acids is 1. The zero-order valence-corrected chi connectivity index (χ0v) is 14.7. The summed E-state index contributed by atoms with van der Waals surface area (Å²) in [6.07, 6.45) is 4.93. The maximum atomic E-state index is 12.2. The number of piperidine rings is 1. The van der Waals surface area contributed by atoms with Crippen LogP contribution in [0, 0.1) is 5.92 Å². The number of benzene rings is 1. The van der Waals surface area contributed by atoms with Gasteiger partial charge in [-0.05, 0) is 63.4 Å². The van der Waals surface area contributed by atoms with Crippen molar-refractivity contribution in [2.24, 2.45) is 5.92 Å². The predicted molar refractivity (Wildman–Crippen MR) is 95.3 cm³/mol. The molecular weight excluding hydrogens is 333 g/mol. The van der Waals surface area contributed by atoms with E-state index >= 15 is 0 Å². The first-order valence-electron chi connectivity index (χ1n) is 8.33. The molecule has 2 aliphatic heterocycles. The molecule has 2 fully saturated rings. The van der Waals surface area contributed by atoms with Gasteiger partial charge in [0.15, 0.2) is 0 Å². The van der Waals surface area contributed by atoms with E-state index in [4.69, 9.17) is 23.2 Å². The molecule has 2 saturated heterocycles. The Morgan fingerprint density at radius 1 is 1.22 bits per heavy atom. The summed E-state index contributed by atoms with van der Waals surface area (Å²) in [5, 5.41) is 7.37. The minimum Gasteiger partial charge on any atom is -0.322 e. The van der Waals surface area contributed by atoms with E-state index in [0.717, 1.165) is 38.4 Å². The van der Waals surface area contributed by atoms with E-state index in [1.54, 1.807) is 18.2 Å². The van der Waals surface area contributed by atoms with Crippen LogP contribution in [0.1, 0.15) is 25.7 Å². The lowest BCUT2D eigenvalue weighted by Crippen LogP contribution is -2.43. The van der Waals surface area contributed by atoms with Gasteiger partial charge in [-0.3, -0.25) is 9.69 Å². The Hall–Kier alpha value is -0.810. The lowest BCUT2D eigenvalue weighted by atomic mass is 9.88. The molecule has 1 amide bonds. The highest BCUT2D eigenvalue weighted by Crippen LogP contribution is 2.30. The first kappa shape index (κ1) is 17.0. The normalized spacial score (nSPS) is 23.1. The fraction of sp³-hybridized carbons (Fsp3) is 0.588. The zero-order valence-electron chi connectivity index (χ0n) is 13.2. The van der Waals surface area contributed by atoms with Crippen LogP contribution in [-0.2, 0) is 4.79 Å². The fourth-order valence-corrected chi connectivity index (χ4v) is 4.12. The highest BCUT2D eigenvalue weighted by Gasteiger charge is 2.28. The van der Waals surface area contributed by atoms with Crippen molar-refractivity contribution in [1.29, 1.82) is 0 Å². The number of amides is 1. The number of nitrogens with one attached hydrogen (secondary N) is 2. The Kier molecular flexibility index (Phi) is 5.81. The van der Waals surface area contributed by atoms with Crippen LogP contribution in [-0.4, -0.2) is 43.0 Å². The van der Waals surface area contributed by atoms with Gasteiger partial charge in [-0.1, -0.05) is 29.3 Å². The molecule has 0 saturated carbocycles. The van der Waals surface area contributed by atoms with Gasteiger partial charge in [0.05, 0.1) is 22.3 Å². The molecule has 2 aliphatic rings. The maximum Gasteiger partial charge on any atom is 0.238 e. The molecule has 0 spiro atoms. The number of anilines is 1. The van der Waals surface area contributed by atoms with Gasteiger partial charge in [0.25, 0.3) is 0 Å². The van der Waals surface area contributed by atoms with Gasteiger partial charge < -0.3 is 10.6 Å². The van der Waals surface area contributed by atoms with E-state index in [0.29, 0.717) is 28.3 Å². The van der Waals surface area contributed by atoms with Crippen molar-refractivity contribution in [3.05, 3.63) is 28.2 Å².